The molecule has 0 aliphatic rings. The Bertz CT molecular complexity index is 434. The average molecular weight is 281 g/mol. The number of amides is 2. The van der Waals surface area contributed by atoms with Crippen LogP contribution in [0.1, 0.15) is 26.2 Å². The van der Waals surface area contributed by atoms with Crippen molar-refractivity contribution in [2.45, 2.75) is 26.2 Å². The molecule has 1 aromatic rings. The minimum atomic E-state index is -0.824. The van der Waals surface area contributed by atoms with Crippen molar-refractivity contribution in [1.29, 1.82) is 0 Å². The molecule has 0 radical (unpaired) electrons. The summed E-state index contributed by atoms with van der Waals surface area (Å²) in [6.45, 7) is 2.84. The number of hydrogen-bond donors (Lipinski definition) is 3. The number of pyridine rings is 1. The second kappa shape index (κ2) is 8.73. The van der Waals surface area contributed by atoms with Crippen LogP contribution in [-0.4, -0.2) is 35.2 Å². The molecule has 7 nitrogen and oxygen atoms in total. The van der Waals surface area contributed by atoms with Crippen LogP contribution in [0.4, 0.5) is 10.5 Å². The molecule has 0 fully saturated rings. The van der Waals surface area contributed by atoms with Gasteiger partial charge in [-0.25, -0.2) is 9.78 Å². The topological polar surface area (TPSA) is 101 Å². The van der Waals surface area contributed by atoms with Crippen molar-refractivity contribution >= 4 is 17.7 Å². The molecule has 110 valence electrons. The number of rotatable bonds is 8. The van der Waals surface area contributed by atoms with Crippen molar-refractivity contribution in [1.82, 2.24) is 10.3 Å². The van der Waals surface area contributed by atoms with Gasteiger partial charge in [0.2, 0.25) is 5.88 Å². The van der Waals surface area contributed by atoms with Gasteiger partial charge in [0.15, 0.2) is 0 Å². The van der Waals surface area contributed by atoms with E-state index in [1.807, 2.05) is 6.92 Å². The fourth-order valence-corrected chi connectivity index (χ4v) is 1.47. The average Bonchev–Trinajstić information content (AvgIpc) is 2.40. The molecule has 7 heteroatoms. The van der Waals surface area contributed by atoms with Crippen molar-refractivity contribution in [3.8, 4) is 5.88 Å². The van der Waals surface area contributed by atoms with E-state index in [-0.39, 0.29) is 12.5 Å². The highest BCUT2D eigenvalue weighted by atomic mass is 16.5. The van der Waals surface area contributed by atoms with E-state index in [0.717, 1.165) is 0 Å². The first kappa shape index (κ1) is 15.7. The van der Waals surface area contributed by atoms with Crippen LogP contribution in [0.5, 0.6) is 5.88 Å². The maximum atomic E-state index is 11.5. The highest BCUT2D eigenvalue weighted by Crippen LogP contribution is 2.11. The summed E-state index contributed by atoms with van der Waals surface area (Å²) in [6.07, 6.45) is 2.79. The number of nitrogens with zero attached hydrogens (tertiary/aromatic N) is 1. The molecule has 0 bridgehead atoms. The fraction of sp³-hybridized carbons (Fsp3) is 0.462. The third-order valence-electron chi connectivity index (χ3n) is 2.39. The minimum absolute atomic E-state index is 0.117. The number of aromatic nitrogens is 1. The van der Waals surface area contributed by atoms with Crippen LogP contribution in [0.25, 0.3) is 0 Å². The van der Waals surface area contributed by atoms with Crippen LogP contribution in [0.15, 0.2) is 18.3 Å². The van der Waals surface area contributed by atoms with E-state index in [2.05, 4.69) is 15.6 Å². The molecule has 20 heavy (non-hydrogen) atoms. The fourth-order valence-electron chi connectivity index (χ4n) is 1.47. The summed E-state index contributed by atoms with van der Waals surface area (Å²) in [7, 11) is 0. The largest absolute Gasteiger partial charge is 0.481 e. The van der Waals surface area contributed by atoms with Gasteiger partial charge in [0.1, 0.15) is 0 Å². The maximum Gasteiger partial charge on any atom is 0.319 e. The van der Waals surface area contributed by atoms with Crippen LogP contribution >= 0.6 is 0 Å². The van der Waals surface area contributed by atoms with Crippen molar-refractivity contribution in [3.05, 3.63) is 18.3 Å². The van der Waals surface area contributed by atoms with Gasteiger partial charge < -0.3 is 20.5 Å². The number of ether oxygens (including phenoxy) is 1. The SMILES string of the molecule is CCOc1ccc(NC(=O)NCCCCC(=O)O)cn1. The molecule has 0 saturated carbocycles. The Morgan fingerprint density at radius 3 is 2.75 bits per heavy atom. The Kier molecular flexibility index (Phi) is 6.88. The molecule has 0 aromatic carbocycles. The minimum Gasteiger partial charge on any atom is -0.481 e. The lowest BCUT2D eigenvalue weighted by Gasteiger charge is -2.07. The molecule has 1 aromatic heterocycles. The Morgan fingerprint density at radius 1 is 1.35 bits per heavy atom. The molecule has 0 saturated heterocycles. The highest BCUT2D eigenvalue weighted by molar-refractivity contribution is 5.88. The zero-order valence-corrected chi connectivity index (χ0v) is 11.4. The number of urea groups is 1. The molecular weight excluding hydrogens is 262 g/mol. The Morgan fingerprint density at radius 2 is 2.15 bits per heavy atom. The van der Waals surface area contributed by atoms with Crippen molar-refractivity contribution in [3.63, 3.8) is 0 Å². The number of aliphatic carboxylic acids is 1. The Balaban J connectivity index is 2.22. The summed E-state index contributed by atoms with van der Waals surface area (Å²) < 4.78 is 5.19. The number of carboxylic acid groups (broad SMARTS) is 1. The number of unbranched alkanes of at least 4 members (excludes halogenated alkanes) is 1. The van der Waals surface area contributed by atoms with Crippen LogP contribution in [-0.2, 0) is 4.79 Å². The van der Waals surface area contributed by atoms with Crippen molar-refractivity contribution < 1.29 is 19.4 Å². The lowest BCUT2D eigenvalue weighted by atomic mass is 10.2. The van der Waals surface area contributed by atoms with Gasteiger partial charge in [-0.05, 0) is 25.8 Å². The Hall–Kier alpha value is -2.31. The molecule has 0 aliphatic heterocycles. The number of carboxylic acids is 1. The van der Waals surface area contributed by atoms with Crippen LogP contribution in [0.3, 0.4) is 0 Å². The van der Waals surface area contributed by atoms with Gasteiger partial charge in [-0.15, -0.1) is 0 Å². The van der Waals surface area contributed by atoms with Gasteiger partial charge in [-0.1, -0.05) is 0 Å². The first-order chi connectivity index (χ1) is 9.61. The lowest BCUT2D eigenvalue weighted by Crippen LogP contribution is -2.29. The summed E-state index contributed by atoms with van der Waals surface area (Å²) in [6, 6.07) is 3.03. The molecule has 1 rings (SSSR count). The first-order valence-corrected chi connectivity index (χ1v) is 6.47. The quantitative estimate of drug-likeness (QED) is 0.631. The van der Waals surface area contributed by atoms with Crippen LogP contribution in [0, 0.1) is 0 Å². The predicted molar refractivity (Wildman–Crippen MR) is 73.9 cm³/mol. The summed E-state index contributed by atoms with van der Waals surface area (Å²) in [5.74, 6) is -0.318. The van der Waals surface area contributed by atoms with E-state index in [1.165, 1.54) is 6.20 Å². The predicted octanol–water partition coefficient (Wildman–Crippen LogP) is 1.86. The van der Waals surface area contributed by atoms with E-state index >= 15 is 0 Å². The van der Waals surface area contributed by atoms with Gasteiger partial charge in [0.05, 0.1) is 18.5 Å². The second-order valence-corrected chi connectivity index (χ2v) is 4.05. The first-order valence-electron chi connectivity index (χ1n) is 6.47. The van der Waals surface area contributed by atoms with E-state index in [0.29, 0.717) is 37.6 Å². The van der Waals surface area contributed by atoms with E-state index < -0.39 is 5.97 Å². The summed E-state index contributed by atoms with van der Waals surface area (Å²) >= 11 is 0. The molecule has 1 heterocycles. The smallest absolute Gasteiger partial charge is 0.319 e. The molecule has 0 spiro atoms. The zero-order chi connectivity index (χ0) is 14.8. The van der Waals surface area contributed by atoms with Crippen molar-refractivity contribution in [2.24, 2.45) is 0 Å². The number of anilines is 1. The summed E-state index contributed by atoms with van der Waals surface area (Å²) in [5.41, 5.74) is 0.566. The molecule has 3 N–H and O–H groups in total. The second-order valence-electron chi connectivity index (χ2n) is 4.05. The molecule has 0 atom stereocenters. The third-order valence-corrected chi connectivity index (χ3v) is 2.39. The number of carbonyl (C=O) groups excluding carboxylic acids is 1. The highest BCUT2D eigenvalue weighted by Gasteiger charge is 2.02. The normalized spacial score (nSPS) is 9.85. The molecular formula is C13H19N3O4. The third kappa shape index (κ3) is 6.58. The van der Waals surface area contributed by atoms with Gasteiger partial charge in [-0.2, -0.15) is 0 Å². The summed E-state index contributed by atoms with van der Waals surface area (Å²) in [4.78, 5) is 25.8. The van der Waals surface area contributed by atoms with Gasteiger partial charge >= 0.3 is 12.0 Å². The van der Waals surface area contributed by atoms with Gasteiger partial charge in [0, 0.05) is 19.0 Å². The van der Waals surface area contributed by atoms with Crippen LogP contribution < -0.4 is 15.4 Å². The molecule has 0 unspecified atom stereocenters. The van der Waals surface area contributed by atoms with Crippen LogP contribution in [0.2, 0.25) is 0 Å². The van der Waals surface area contributed by atoms with Gasteiger partial charge in [0.25, 0.3) is 0 Å². The number of hydrogen-bond acceptors (Lipinski definition) is 4. The van der Waals surface area contributed by atoms with E-state index in [4.69, 9.17) is 9.84 Å². The standard InChI is InChI=1S/C13H19N3O4/c1-2-20-11-7-6-10(9-15-11)16-13(19)14-8-4-3-5-12(17)18/h6-7,9H,2-5,8H2,1H3,(H,17,18)(H2,14,16,19). The van der Waals surface area contributed by atoms with Crippen molar-refractivity contribution in [2.75, 3.05) is 18.5 Å². The summed E-state index contributed by atoms with van der Waals surface area (Å²) in [5, 5.41) is 13.7. The lowest BCUT2D eigenvalue weighted by molar-refractivity contribution is -0.137. The van der Waals surface area contributed by atoms with E-state index in [9.17, 15) is 9.59 Å². The zero-order valence-electron chi connectivity index (χ0n) is 11.4. The number of carbonyl (C=O) groups is 2. The van der Waals surface area contributed by atoms with Gasteiger partial charge in [-0.3, -0.25) is 4.79 Å². The maximum absolute atomic E-state index is 11.5. The molecule has 0 aliphatic carbocycles. The number of nitrogens with one attached hydrogen (secondary N) is 2. The molecule has 2 amide bonds. The monoisotopic (exact) mass is 281 g/mol. The Labute approximate surface area is 117 Å². The van der Waals surface area contributed by atoms with E-state index in [1.54, 1.807) is 12.1 Å².